The Balaban J connectivity index is 1.59. The third-order valence-electron chi connectivity index (χ3n) is 5.80. The van der Waals surface area contributed by atoms with E-state index in [-0.39, 0.29) is 0 Å². The molecule has 3 aliphatic rings. The first-order valence-electron chi connectivity index (χ1n) is 8.71. The van der Waals surface area contributed by atoms with E-state index >= 15 is 0 Å². The molecule has 0 aromatic carbocycles. The molecule has 1 spiro atoms. The minimum atomic E-state index is 0.293. The predicted octanol–water partition coefficient (Wildman–Crippen LogP) is 2.94. The van der Waals surface area contributed by atoms with Gasteiger partial charge in [-0.25, -0.2) is 0 Å². The van der Waals surface area contributed by atoms with E-state index in [1.807, 2.05) is 0 Å². The summed E-state index contributed by atoms with van der Waals surface area (Å²) in [6.45, 7) is 9.36. The number of piperazine rings is 1. The molecule has 0 radical (unpaired) electrons. The summed E-state index contributed by atoms with van der Waals surface area (Å²) in [6.07, 6.45) is 11.3. The molecular formula is C17H32N2O. The van der Waals surface area contributed by atoms with E-state index in [1.165, 1.54) is 64.5 Å². The maximum absolute atomic E-state index is 5.81. The average molecular weight is 280 g/mol. The van der Waals surface area contributed by atoms with Gasteiger partial charge in [0.05, 0.1) is 6.10 Å². The zero-order chi connectivity index (χ0) is 14.1. The highest BCUT2D eigenvalue weighted by atomic mass is 16.5. The first kappa shape index (κ1) is 14.8. The van der Waals surface area contributed by atoms with E-state index in [4.69, 9.17) is 4.74 Å². The van der Waals surface area contributed by atoms with Crippen LogP contribution < -0.4 is 5.32 Å². The number of rotatable bonds is 3. The summed E-state index contributed by atoms with van der Waals surface area (Å²) >= 11 is 0. The van der Waals surface area contributed by atoms with Crippen molar-refractivity contribution in [1.82, 2.24) is 10.2 Å². The van der Waals surface area contributed by atoms with Gasteiger partial charge in [0.1, 0.15) is 0 Å². The number of ether oxygens (including phenoxy) is 1. The summed E-state index contributed by atoms with van der Waals surface area (Å²) in [7, 11) is 0. The van der Waals surface area contributed by atoms with E-state index in [2.05, 4.69) is 24.1 Å². The van der Waals surface area contributed by atoms with Gasteiger partial charge in [0.25, 0.3) is 0 Å². The maximum atomic E-state index is 5.81. The fraction of sp³-hybridized carbons (Fsp3) is 1.00. The molecule has 0 aromatic rings. The second kappa shape index (κ2) is 5.94. The molecule has 1 saturated carbocycles. The summed E-state index contributed by atoms with van der Waals surface area (Å²) < 4.78 is 5.81. The van der Waals surface area contributed by atoms with E-state index in [1.54, 1.807) is 0 Å². The highest BCUT2D eigenvalue weighted by Crippen LogP contribution is 2.34. The molecule has 3 fully saturated rings. The van der Waals surface area contributed by atoms with Crippen LogP contribution in [-0.2, 0) is 4.74 Å². The van der Waals surface area contributed by atoms with Crippen molar-refractivity contribution in [2.45, 2.75) is 82.4 Å². The van der Waals surface area contributed by atoms with Gasteiger partial charge in [-0.15, -0.1) is 0 Å². The zero-order valence-electron chi connectivity index (χ0n) is 13.4. The average Bonchev–Trinajstić information content (AvgIpc) is 2.95. The van der Waals surface area contributed by atoms with Crippen molar-refractivity contribution in [1.29, 1.82) is 0 Å². The molecule has 1 atom stereocenters. The van der Waals surface area contributed by atoms with Gasteiger partial charge in [-0.05, 0) is 46.0 Å². The molecule has 3 heteroatoms. The summed E-state index contributed by atoms with van der Waals surface area (Å²) in [4.78, 5) is 2.75. The van der Waals surface area contributed by atoms with E-state index in [9.17, 15) is 0 Å². The van der Waals surface area contributed by atoms with E-state index in [0.29, 0.717) is 17.2 Å². The molecule has 0 amide bonds. The summed E-state index contributed by atoms with van der Waals surface area (Å²) in [6, 6.07) is 0. The fourth-order valence-corrected chi connectivity index (χ4v) is 4.27. The molecule has 2 saturated heterocycles. The number of nitrogens with zero attached hydrogens (tertiary/aromatic N) is 1. The number of nitrogens with one attached hydrogen (secondary N) is 1. The lowest BCUT2D eigenvalue weighted by atomic mass is 9.77. The lowest BCUT2D eigenvalue weighted by Gasteiger charge is -2.53. The third-order valence-corrected chi connectivity index (χ3v) is 5.80. The molecule has 2 heterocycles. The van der Waals surface area contributed by atoms with Gasteiger partial charge in [0.15, 0.2) is 0 Å². The predicted molar refractivity (Wildman–Crippen MR) is 83.1 cm³/mol. The normalized spacial score (nSPS) is 33.6. The Kier molecular flexibility index (Phi) is 4.40. The van der Waals surface area contributed by atoms with Crippen LogP contribution in [0.15, 0.2) is 0 Å². The highest BCUT2D eigenvalue weighted by Gasteiger charge is 2.43. The number of hydrogen-bond donors (Lipinski definition) is 1. The SMILES string of the molecule is CC1(C)CNC2(CCCCC2)CN1CCC1CCCO1. The van der Waals surface area contributed by atoms with E-state index in [0.717, 1.165) is 13.2 Å². The van der Waals surface area contributed by atoms with Gasteiger partial charge >= 0.3 is 0 Å². The molecule has 0 bridgehead atoms. The summed E-state index contributed by atoms with van der Waals surface area (Å²) in [5.41, 5.74) is 0.714. The van der Waals surface area contributed by atoms with Crippen LogP contribution in [0.1, 0.15) is 65.2 Å². The van der Waals surface area contributed by atoms with Crippen molar-refractivity contribution in [3.05, 3.63) is 0 Å². The fourth-order valence-electron chi connectivity index (χ4n) is 4.27. The third kappa shape index (κ3) is 3.20. The molecule has 0 aromatic heterocycles. The second-order valence-corrected chi connectivity index (χ2v) is 7.85. The van der Waals surface area contributed by atoms with Crippen LogP contribution in [-0.4, -0.2) is 48.3 Å². The van der Waals surface area contributed by atoms with Crippen LogP contribution in [0.3, 0.4) is 0 Å². The van der Waals surface area contributed by atoms with Crippen LogP contribution in [0.25, 0.3) is 0 Å². The smallest absolute Gasteiger partial charge is 0.0588 e. The Morgan fingerprint density at radius 2 is 1.95 bits per heavy atom. The molecule has 1 unspecified atom stereocenters. The van der Waals surface area contributed by atoms with Crippen LogP contribution in [0.2, 0.25) is 0 Å². The molecule has 1 N–H and O–H groups in total. The minimum absolute atomic E-state index is 0.293. The summed E-state index contributed by atoms with van der Waals surface area (Å²) in [5, 5.41) is 3.91. The topological polar surface area (TPSA) is 24.5 Å². The zero-order valence-corrected chi connectivity index (χ0v) is 13.4. The Morgan fingerprint density at radius 1 is 1.15 bits per heavy atom. The number of hydrogen-bond acceptors (Lipinski definition) is 3. The maximum Gasteiger partial charge on any atom is 0.0588 e. The minimum Gasteiger partial charge on any atom is -0.378 e. The molecule has 2 aliphatic heterocycles. The van der Waals surface area contributed by atoms with Gasteiger partial charge in [-0.1, -0.05) is 19.3 Å². The second-order valence-electron chi connectivity index (χ2n) is 7.85. The lowest BCUT2D eigenvalue weighted by Crippen LogP contribution is -2.68. The van der Waals surface area contributed by atoms with Crippen molar-refractivity contribution >= 4 is 0 Å². The monoisotopic (exact) mass is 280 g/mol. The van der Waals surface area contributed by atoms with Gasteiger partial charge < -0.3 is 10.1 Å². The Morgan fingerprint density at radius 3 is 2.65 bits per heavy atom. The van der Waals surface area contributed by atoms with Crippen LogP contribution >= 0.6 is 0 Å². The van der Waals surface area contributed by atoms with Crippen LogP contribution in [0.5, 0.6) is 0 Å². The molecule has 1 aliphatic carbocycles. The molecule has 116 valence electrons. The van der Waals surface area contributed by atoms with Crippen molar-refractivity contribution in [3.8, 4) is 0 Å². The quantitative estimate of drug-likeness (QED) is 0.860. The van der Waals surface area contributed by atoms with Crippen molar-refractivity contribution in [2.75, 3.05) is 26.2 Å². The largest absolute Gasteiger partial charge is 0.378 e. The molecular weight excluding hydrogens is 248 g/mol. The Labute approximate surface area is 124 Å². The Bertz CT molecular complexity index is 317. The van der Waals surface area contributed by atoms with Crippen molar-refractivity contribution in [3.63, 3.8) is 0 Å². The van der Waals surface area contributed by atoms with Gasteiger partial charge in [0, 0.05) is 37.3 Å². The van der Waals surface area contributed by atoms with Gasteiger partial charge in [-0.3, -0.25) is 4.90 Å². The van der Waals surface area contributed by atoms with Crippen LogP contribution in [0, 0.1) is 0 Å². The first-order chi connectivity index (χ1) is 9.60. The molecule has 3 nitrogen and oxygen atoms in total. The molecule has 3 rings (SSSR count). The first-order valence-corrected chi connectivity index (χ1v) is 8.71. The molecule has 20 heavy (non-hydrogen) atoms. The Hall–Kier alpha value is -0.120. The van der Waals surface area contributed by atoms with Gasteiger partial charge in [0.2, 0.25) is 0 Å². The van der Waals surface area contributed by atoms with Crippen molar-refractivity contribution < 1.29 is 4.74 Å². The summed E-state index contributed by atoms with van der Waals surface area (Å²) in [5.74, 6) is 0. The van der Waals surface area contributed by atoms with Gasteiger partial charge in [-0.2, -0.15) is 0 Å². The lowest BCUT2D eigenvalue weighted by molar-refractivity contribution is -0.00127. The standard InChI is InChI=1S/C17H32N2O/c1-16(2)13-18-17(9-4-3-5-10-17)14-19(16)11-8-15-7-6-12-20-15/h15,18H,3-14H2,1-2H3. The van der Waals surface area contributed by atoms with Crippen molar-refractivity contribution in [2.24, 2.45) is 0 Å². The van der Waals surface area contributed by atoms with Crippen LogP contribution in [0.4, 0.5) is 0 Å². The highest BCUT2D eigenvalue weighted by molar-refractivity contribution is 5.03. The van der Waals surface area contributed by atoms with E-state index < -0.39 is 0 Å².